The van der Waals surface area contributed by atoms with E-state index in [1.54, 1.807) is 6.07 Å². The summed E-state index contributed by atoms with van der Waals surface area (Å²) in [6, 6.07) is 7.50. The highest BCUT2D eigenvalue weighted by molar-refractivity contribution is 7.15. The summed E-state index contributed by atoms with van der Waals surface area (Å²) in [4.78, 5) is 8.11. The summed E-state index contributed by atoms with van der Waals surface area (Å²) in [5.74, 6) is -0.745. The van der Waals surface area contributed by atoms with Crippen LogP contribution >= 0.6 is 22.9 Å². The van der Waals surface area contributed by atoms with Gasteiger partial charge in [0, 0.05) is 0 Å². The standard InChI is InChI=1S/C18H8ClF4N5OS/c19-13-7-25-14(30-13)8-29-17-9(6-24)5-12-15(18(21,22)23)27-28(16(12)26-17)11-3-1-10(20)2-4-11/h1-5,7H,8H2. The van der Waals surface area contributed by atoms with E-state index >= 15 is 0 Å². The first-order valence-electron chi connectivity index (χ1n) is 8.16. The summed E-state index contributed by atoms with van der Waals surface area (Å²) in [6.45, 7) is -0.0820. The maximum absolute atomic E-state index is 13.5. The molecule has 1 aromatic carbocycles. The first kappa shape index (κ1) is 20.1. The van der Waals surface area contributed by atoms with E-state index < -0.39 is 17.7 Å². The van der Waals surface area contributed by atoms with Crippen LogP contribution in [0.2, 0.25) is 4.34 Å². The summed E-state index contributed by atoms with van der Waals surface area (Å²) in [5.41, 5.74) is -1.45. The van der Waals surface area contributed by atoms with Crippen molar-refractivity contribution >= 4 is 34.0 Å². The second-order valence-electron chi connectivity index (χ2n) is 5.91. The first-order valence-corrected chi connectivity index (χ1v) is 9.35. The van der Waals surface area contributed by atoms with Gasteiger partial charge in [-0.3, -0.25) is 0 Å². The molecule has 0 saturated heterocycles. The van der Waals surface area contributed by atoms with Crippen molar-refractivity contribution in [2.45, 2.75) is 12.8 Å². The molecular weight excluding hydrogens is 446 g/mol. The molecule has 0 amide bonds. The number of rotatable bonds is 4. The summed E-state index contributed by atoms with van der Waals surface area (Å²) in [7, 11) is 0. The molecule has 4 rings (SSSR count). The fourth-order valence-electron chi connectivity index (χ4n) is 2.67. The topological polar surface area (TPSA) is 76.6 Å². The van der Waals surface area contributed by atoms with E-state index in [1.165, 1.54) is 18.3 Å². The molecule has 152 valence electrons. The molecule has 0 aliphatic carbocycles. The molecule has 3 heterocycles. The van der Waals surface area contributed by atoms with E-state index in [0.29, 0.717) is 9.34 Å². The number of alkyl halides is 3. The van der Waals surface area contributed by atoms with Crippen molar-refractivity contribution in [3.63, 3.8) is 0 Å². The highest BCUT2D eigenvalue weighted by atomic mass is 35.5. The lowest BCUT2D eigenvalue weighted by molar-refractivity contribution is -0.140. The molecule has 0 aliphatic rings. The molecular formula is C18H8ClF4N5OS. The predicted octanol–water partition coefficient (Wildman–Crippen LogP) is 5.14. The SMILES string of the molecule is N#Cc1cc2c(C(F)(F)F)nn(-c3ccc(F)cc3)c2nc1OCc1ncc(Cl)s1. The van der Waals surface area contributed by atoms with Crippen LogP contribution in [0.4, 0.5) is 17.6 Å². The van der Waals surface area contributed by atoms with Gasteiger partial charge in [-0.05, 0) is 30.3 Å². The zero-order valence-corrected chi connectivity index (χ0v) is 16.2. The zero-order chi connectivity index (χ0) is 21.5. The Morgan fingerprint density at radius 3 is 2.57 bits per heavy atom. The summed E-state index contributed by atoms with van der Waals surface area (Å²) >= 11 is 6.96. The highest BCUT2D eigenvalue weighted by Crippen LogP contribution is 2.36. The lowest BCUT2D eigenvalue weighted by Crippen LogP contribution is -2.07. The monoisotopic (exact) mass is 453 g/mol. The number of pyridine rings is 1. The molecule has 0 atom stereocenters. The Morgan fingerprint density at radius 2 is 1.97 bits per heavy atom. The molecule has 3 aromatic heterocycles. The molecule has 0 spiro atoms. The Bertz CT molecular complexity index is 1280. The third kappa shape index (κ3) is 3.79. The quantitative estimate of drug-likeness (QED) is 0.400. The second-order valence-corrected chi connectivity index (χ2v) is 7.65. The van der Waals surface area contributed by atoms with Gasteiger partial charge in [0.1, 0.15) is 33.4 Å². The molecule has 6 nitrogen and oxygen atoms in total. The number of hydrogen-bond acceptors (Lipinski definition) is 6. The zero-order valence-electron chi connectivity index (χ0n) is 14.6. The minimum Gasteiger partial charge on any atom is -0.469 e. The molecule has 0 fully saturated rings. The maximum Gasteiger partial charge on any atom is 0.435 e. The Kier molecular flexibility index (Phi) is 5.05. The van der Waals surface area contributed by atoms with Crippen molar-refractivity contribution in [3.8, 4) is 17.6 Å². The number of halogens is 5. The van der Waals surface area contributed by atoms with Crippen molar-refractivity contribution in [3.05, 3.63) is 62.9 Å². The van der Waals surface area contributed by atoms with E-state index in [0.717, 1.165) is 34.2 Å². The number of benzene rings is 1. The lowest BCUT2D eigenvalue weighted by Gasteiger charge is -2.07. The molecule has 0 aliphatic heterocycles. The van der Waals surface area contributed by atoms with Gasteiger partial charge in [0.15, 0.2) is 11.3 Å². The smallest absolute Gasteiger partial charge is 0.435 e. The van der Waals surface area contributed by atoms with Crippen molar-refractivity contribution in [1.82, 2.24) is 19.7 Å². The van der Waals surface area contributed by atoms with Crippen LogP contribution in [0.1, 0.15) is 16.3 Å². The molecule has 0 saturated carbocycles. The molecule has 4 aromatic rings. The minimum absolute atomic E-state index is 0.0820. The van der Waals surface area contributed by atoms with Crippen molar-refractivity contribution in [2.24, 2.45) is 0 Å². The van der Waals surface area contributed by atoms with E-state index in [-0.39, 0.29) is 34.8 Å². The number of nitrogens with zero attached hydrogens (tertiary/aromatic N) is 5. The number of nitriles is 1. The van der Waals surface area contributed by atoms with Crippen molar-refractivity contribution < 1.29 is 22.3 Å². The van der Waals surface area contributed by atoms with Crippen LogP contribution in [0, 0.1) is 17.1 Å². The Morgan fingerprint density at radius 1 is 1.23 bits per heavy atom. The van der Waals surface area contributed by atoms with Crippen LogP contribution in [-0.2, 0) is 12.8 Å². The lowest BCUT2D eigenvalue weighted by atomic mass is 10.2. The highest BCUT2D eigenvalue weighted by Gasteiger charge is 2.38. The minimum atomic E-state index is -4.79. The number of ether oxygens (including phenoxy) is 1. The molecule has 12 heteroatoms. The second kappa shape index (κ2) is 7.55. The third-order valence-corrected chi connectivity index (χ3v) is 5.03. The van der Waals surface area contributed by atoms with E-state index in [2.05, 4.69) is 15.1 Å². The van der Waals surface area contributed by atoms with Gasteiger partial charge in [-0.25, -0.2) is 14.1 Å². The fourth-order valence-corrected chi connectivity index (χ4v) is 3.54. The summed E-state index contributed by atoms with van der Waals surface area (Å²) < 4.78 is 60.7. The average molecular weight is 454 g/mol. The number of thiazole rings is 1. The van der Waals surface area contributed by atoms with Crippen LogP contribution in [0.3, 0.4) is 0 Å². The van der Waals surface area contributed by atoms with Gasteiger partial charge in [0.25, 0.3) is 0 Å². The van der Waals surface area contributed by atoms with Crippen LogP contribution in [0.15, 0.2) is 36.5 Å². The van der Waals surface area contributed by atoms with E-state index in [4.69, 9.17) is 16.3 Å². The Balaban J connectivity index is 1.86. The van der Waals surface area contributed by atoms with Gasteiger partial charge >= 0.3 is 6.18 Å². The maximum atomic E-state index is 13.5. The summed E-state index contributed by atoms with van der Waals surface area (Å²) in [5, 5.41) is 13.1. The van der Waals surface area contributed by atoms with Gasteiger partial charge in [0.05, 0.1) is 17.3 Å². The number of fused-ring (bicyclic) bond motifs is 1. The van der Waals surface area contributed by atoms with Crippen molar-refractivity contribution in [1.29, 1.82) is 5.26 Å². The van der Waals surface area contributed by atoms with Gasteiger partial charge < -0.3 is 4.74 Å². The molecule has 0 radical (unpaired) electrons. The molecule has 30 heavy (non-hydrogen) atoms. The van der Waals surface area contributed by atoms with E-state index in [9.17, 15) is 22.8 Å². The number of hydrogen-bond donors (Lipinski definition) is 0. The van der Waals surface area contributed by atoms with Gasteiger partial charge in [-0.15, -0.1) is 11.3 Å². The van der Waals surface area contributed by atoms with Gasteiger partial charge in [-0.2, -0.15) is 28.5 Å². The van der Waals surface area contributed by atoms with Gasteiger partial charge in [0.2, 0.25) is 5.88 Å². The van der Waals surface area contributed by atoms with Gasteiger partial charge in [-0.1, -0.05) is 11.6 Å². The summed E-state index contributed by atoms with van der Waals surface area (Å²) in [6.07, 6.45) is -3.37. The fraction of sp³-hybridized carbons (Fsp3) is 0.111. The molecule has 0 bridgehead atoms. The Labute approximate surface area is 174 Å². The molecule has 0 N–H and O–H groups in total. The van der Waals surface area contributed by atoms with Crippen LogP contribution in [-0.4, -0.2) is 19.7 Å². The Hall–Kier alpha value is -3.23. The van der Waals surface area contributed by atoms with Crippen LogP contribution in [0.5, 0.6) is 5.88 Å². The van der Waals surface area contributed by atoms with Crippen molar-refractivity contribution in [2.75, 3.05) is 0 Å². The van der Waals surface area contributed by atoms with E-state index in [1.807, 2.05) is 0 Å². The van der Waals surface area contributed by atoms with Crippen LogP contribution in [0.25, 0.3) is 16.7 Å². The average Bonchev–Trinajstić information content (AvgIpc) is 3.29. The van der Waals surface area contributed by atoms with Crippen LogP contribution < -0.4 is 4.74 Å². The number of aromatic nitrogens is 4. The molecule has 0 unspecified atom stereocenters. The third-order valence-electron chi connectivity index (χ3n) is 3.94. The normalized spacial score (nSPS) is 11.6. The predicted molar refractivity (Wildman–Crippen MR) is 100.0 cm³/mol. The first-order chi connectivity index (χ1) is 14.3. The largest absolute Gasteiger partial charge is 0.469 e.